The number of ether oxygens (including phenoxy) is 2. The molecular formula is C14H25NO3. The van der Waals surface area contributed by atoms with E-state index in [1.54, 1.807) is 6.26 Å². The third-order valence-corrected chi connectivity index (χ3v) is 2.49. The van der Waals surface area contributed by atoms with Crippen LogP contribution in [0.15, 0.2) is 16.7 Å². The lowest BCUT2D eigenvalue weighted by molar-refractivity contribution is -0.0170. The molecule has 18 heavy (non-hydrogen) atoms. The van der Waals surface area contributed by atoms with Crippen molar-refractivity contribution in [1.82, 2.24) is 5.32 Å². The number of nitrogens with one attached hydrogen (secondary N) is 1. The Morgan fingerprint density at radius 3 is 2.78 bits per heavy atom. The van der Waals surface area contributed by atoms with Crippen LogP contribution in [-0.2, 0) is 22.6 Å². The van der Waals surface area contributed by atoms with Crippen molar-refractivity contribution in [2.75, 3.05) is 13.2 Å². The van der Waals surface area contributed by atoms with Gasteiger partial charge in [0.25, 0.3) is 0 Å². The van der Waals surface area contributed by atoms with E-state index >= 15 is 0 Å². The SMILES string of the molecule is CCOCC(C)OCc1cc(CNC(C)C)co1. The molecule has 0 fully saturated rings. The maximum Gasteiger partial charge on any atom is 0.129 e. The van der Waals surface area contributed by atoms with Gasteiger partial charge in [-0.3, -0.25) is 0 Å². The number of hydrogen-bond acceptors (Lipinski definition) is 4. The van der Waals surface area contributed by atoms with E-state index in [0.29, 0.717) is 19.3 Å². The Morgan fingerprint density at radius 2 is 2.11 bits per heavy atom. The molecule has 1 heterocycles. The van der Waals surface area contributed by atoms with Crippen molar-refractivity contribution in [3.05, 3.63) is 23.7 Å². The molecular weight excluding hydrogens is 230 g/mol. The molecule has 1 unspecified atom stereocenters. The molecule has 4 heteroatoms. The number of furan rings is 1. The Balaban J connectivity index is 2.26. The maximum absolute atomic E-state index is 5.63. The standard InChI is InChI=1S/C14H25NO3/c1-5-16-8-12(4)17-10-14-6-13(9-18-14)7-15-11(2)3/h6,9,11-12,15H,5,7-8,10H2,1-4H3. The van der Waals surface area contributed by atoms with E-state index in [9.17, 15) is 0 Å². The topological polar surface area (TPSA) is 43.6 Å². The van der Waals surface area contributed by atoms with E-state index in [2.05, 4.69) is 19.2 Å². The zero-order chi connectivity index (χ0) is 13.4. The van der Waals surface area contributed by atoms with Crippen LogP contribution in [0.2, 0.25) is 0 Å². The van der Waals surface area contributed by atoms with Gasteiger partial charge in [0, 0.05) is 24.8 Å². The summed E-state index contributed by atoms with van der Waals surface area (Å²) in [6.45, 7) is 10.9. The van der Waals surface area contributed by atoms with Crippen LogP contribution in [0, 0.1) is 0 Å². The Kier molecular flexibility index (Phi) is 7.01. The summed E-state index contributed by atoms with van der Waals surface area (Å²) in [5.41, 5.74) is 1.15. The Labute approximate surface area is 110 Å². The van der Waals surface area contributed by atoms with Crippen LogP contribution in [0.3, 0.4) is 0 Å². The molecule has 0 saturated heterocycles. The van der Waals surface area contributed by atoms with Crippen molar-refractivity contribution in [2.45, 2.75) is 53.0 Å². The summed E-state index contributed by atoms with van der Waals surface area (Å²) < 4.78 is 16.4. The monoisotopic (exact) mass is 255 g/mol. The van der Waals surface area contributed by atoms with Crippen LogP contribution in [0.1, 0.15) is 39.0 Å². The van der Waals surface area contributed by atoms with E-state index in [0.717, 1.165) is 24.5 Å². The minimum absolute atomic E-state index is 0.0901. The summed E-state index contributed by atoms with van der Waals surface area (Å²) in [6.07, 6.45) is 1.87. The second-order valence-electron chi connectivity index (χ2n) is 4.74. The Morgan fingerprint density at radius 1 is 1.33 bits per heavy atom. The van der Waals surface area contributed by atoms with Crippen molar-refractivity contribution >= 4 is 0 Å². The van der Waals surface area contributed by atoms with Crippen LogP contribution < -0.4 is 5.32 Å². The van der Waals surface area contributed by atoms with Gasteiger partial charge in [-0.15, -0.1) is 0 Å². The molecule has 1 aromatic rings. The first-order valence-corrected chi connectivity index (χ1v) is 6.60. The third-order valence-electron chi connectivity index (χ3n) is 2.49. The van der Waals surface area contributed by atoms with Gasteiger partial charge in [0.15, 0.2) is 0 Å². The van der Waals surface area contributed by atoms with E-state index in [1.165, 1.54) is 0 Å². The lowest BCUT2D eigenvalue weighted by Crippen LogP contribution is -2.21. The van der Waals surface area contributed by atoms with Gasteiger partial charge in [-0.2, -0.15) is 0 Å². The first kappa shape index (κ1) is 15.2. The van der Waals surface area contributed by atoms with Crippen LogP contribution in [0.5, 0.6) is 0 Å². The highest BCUT2D eigenvalue weighted by molar-refractivity contribution is 5.12. The first-order valence-electron chi connectivity index (χ1n) is 6.60. The molecule has 4 nitrogen and oxygen atoms in total. The minimum atomic E-state index is 0.0901. The number of hydrogen-bond donors (Lipinski definition) is 1. The van der Waals surface area contributed by atoms with Gasteiger partial charge in [-0.25, -0.2) is 0 Å². The predicted molar refractivity (Wildman–Crippen MR) is 71.4 cm³/mol. The lowest BCUT2D eigenvalue weighted by atomic mass is 10.3. The van der Waals surface area contributed by atoms with E-state index in [1.807, 2.05) is 19.9 Å². The minimum Gasteiger partial charge on any atom is -0.467 e. The van der Waals surface area contributed by atoms with E-state index in [-0.39, 0.29) is 6.10 Å². The van der Waals surface area contributed by atoms with Gasteiger partial charge < -0.3 is 19.2 Å². The summed E-state index contributed by atoms with van der Waals surface area (Å²) >= 11 is 0. The summed E-state index contributed by atoms with van der Waals surface area (Å²) in [4.78, 5) is 0. The molecule has 0 aliphatic carbocycles. The second kappa shape index (κ2) is 8.29. The molecule has 0 radical (unpaired) electrons. The predicted octanol–water partition coefficient (Wildman–Crippen LogP) is 2.72. The van der Waals surface area contributed by atoms with E-state index < -0.39 is 0 Å². The van der Waals surface area contributed by atoms with Crippen molar-refractivity contribution < 1.29 is 13.9 Å². The normalized spacial score (nSPS) is 13.2. The van der Waals surface area contributed by atoms with Crippen LogP contribution in [0.4, 0.5) is 0 Å². The van der Waals surface area contributed by atoms with Crippen molar-refractivity contribution in [1.29, 1.82) is 0 Å². The van der Waals surface area contributed by atoms with E-state index in [4.69, 9.17) is 13.9 Å². The van der Waals surface area contributed by atoms with Crippen molar-refractivity contribution in [3.63, 3.8) is 0 Å². The molecule has 0 aliphatic rings. The fourth-order valence-corrected chi connectivity index (χ4v) is 1.47. The fraction of sp³-hybridized carbons (Fsp3) is 0.714. The molecule has 1 N–H and O–H groups in total. The zero-order valence-corrected chi connectivity index (χ0v) is 11.9. The zero-order valence-electron chi connectivity index (χ0n) is 11.9. The van der Waals surface area contributed by atoms with Crippen LogP contribution in [0.25, 0.3) is 0 Å². The van der Waals surface area contributed by atoms with Gasteiger partial charge in [-0.1, -0.05) is 13.8 Å². The van der Waals surface area contributed by atoms with Gasteiger partial charge >= 0.3 is 0 Å². The summed E-state index contributed by atoms with van der Waals surface area (Å²) in [5, 5.41) is 3.35. The fourth-order valence-electron chi connectivity index (χ4n) is 1.47. The molecule has 1 aromatic heterocycles. The van der Waals surface area contributed by atoms with Crippen LogP contribution >= 0.6 is 0 Å². The average Bonchev–Trinajstić information content (AvgIpc) is 2.79. The molecule has 0 amide bonds. The van der Waals surface area contributed by atoms with Crippen molar-refractivity contribution in [2.24, 2.45) is 0 Å². The highest BCUT2D eigenvalue weighted by atomic mass is 16.5. The highest BCUT2D eigenvalue weighted by Gasteiger charge is 2.06. The smallest absolute Gasteiger partial charge is 0.129 e. The van der Waals surface area contributed by atoms with Crippen LogP contribution in [-0.4, -0.2) is 25.4 Å². The number of rotatable bonds is 9. The van der Waals surface area contributed by atoms with Gasteiger partial charge in [0.05, 0.1) is 19.0 Å². The largest absolute Gasteiger partial charge is 0.467 e. The Bertz CT molecular complexity index is 323. The second-order valence-corrected chi connectivity index (χ2v) is 4.74. The summed E-state index contributed by atoms with van der Waals surface area (Å²) in [5.74, 6) is 0.860. The molecule has 0 bridgehead atoms. The summed E-state index contributed by atoms with van der Waals surface area (Å²) in [7, 11) is 0. The molecule has 1 atom stereocenters. The Hall–Kier alpha value is -0.840. The first-order chi connectivity index (χ1) is 8.61. The molecule has 1 rings (SSSR count). The lowest BCUT2D eigenvalue weighted by Gasteiger charge is -2.11. The molecule has 104 valence electrons. The highest BCUT2D eigenvalue weighted by Crippen LogP contribution is 2.10. The van der Waals surface area contributed by atoms with Crippen molar-refractivity contribution in [3.8, 4) is 0 Å². The maximum atomic E-state index is 5.63. The summed E-state index contributed by atoms with van der Waals surface area (Å²) in [6, 6.07) is 2.51. The molecule has 0 aromatic carbocycles. The third kappa shape index (κ3) is 6.19. The quantitative estimate of drug-likeness (QED) is 0.737. The molecule has 0 aliphatic heterocycles. The average molecular weight is 255 g/mol. The van der Waals surface area contributed by atoms with Gasteiger partial charge in [0.1, 0.15) is 12.4 Å². The van der Waals surface area contributed by atoms with Gasteiger partial charge in [-0.05, 0) is 19.9 Å². The molecule has 0 saturated carbocycles. The molecule has 0 spiro atoms. The van der Waals surface area contributed by atoms with Gasteiger partial charge in [0.2, 0.25) is 0 Å².